The molecule has 1 aromatic carbocycles. The fourth-order valence-corrected chi connectivity index (χ4v) is 3.09. The first-order chi connectivity index (χ1) is 11.1. The van der Waals surface area contributed by atoms with Gasteiger partial charge in [0.25, 0.3) is 5.91 Å². The Morgan fingerprint density at radius 2 is 2.17 bits per heavy atom. The monoisotopic (exact) mass is 313 g/mol. The summed E-state index contributed by atoms with van der Waals surface area (Å²) in [5.41, 5.74) is 2.19. The highest BCUT2D eigenvalue weighted by Gasteiger charge is 2.33. The molecular weight excluding hydrogens is 290 g/mol. The summed E-state index contributed by atoms with van der Waals surface area (Å²) in [6.07, 6.45) is 5.42. The summed E-state index contributed by atoms with van der Waals surface area (Å²) < 4.78 is 7.56. The van der Waals surface area contributed by atoms with Gasteiger partial charge in [0.2, 0.25) is 0 Å². The molecule has 2 aromatic rings. The zero-order valence-electron chi connectivity index (χ0n) is 13.7. The van der Waals surface area contributed by atoms with Crippen LogP contribution in [0.4, 0.5) is 0 Å². The van der Waals surface area contributed by atoms with Crippen LogP contribution in [-0.2, 0) is 23.2 Å². The van der Waals surface area contributed by atoms with Gasteiger partial charge in [-0.15, -0.1) is 0 Å². The fourth-order valence-electron chi connectivity index (χ4n) is 3.09. The molecule has 1 aromatic heterocycles. The molecule has 0 aliphatic carbocycles. The van der Waals surface area contributed by atoms with Crippen LogP contribution >= 0.6 is 0 Å². The maximum Gasteiger partial charge on any atom is 0.251 e. The molecule has 122 valence electrons. The number of likely N-dealkylation sites (tertiary alicyclic amines) is 1. The van der Waals surface area contributed by atoms with E-state index >= 15 is 0 Å². The standard InChI is InChI=1S/C18H23N3O2/c1-14(23-13-15-7-4-3-5-8-15)18(22)21-10-6-9-17(21)16-11-19-20(2)12-16/h3-5,7-8,11-12,14,17H,6,9-10,13H2,1-2H3. The zero-order valence-corrected chi connectivity index (χ0v) is 13.7. The van der Waals surface area contributed by atoms with Gasteiger partial charge in [0.1, 0.15) is 6.10 Å². The number of hydrogen-bond donors (Lipinski definition) is 0. The lowest BCUT2D eigenvalue weighted by atomic mass is 10.1. The van der Waals surface area contributed by atoms with Crippen LogP contribution in [0.15, 0.2) is 42.7 Å². The summed E-state index contributed by atoms with van der Waals surface area (Å²) in [6, 6.07) is 10.1. The highest BCUT2D eigenvalue weighted by Crippen LogP contribution is 2.32. The topological polar surface area (TPSA) is 47.4 Å². The SMILES string of the molecule is CC(OCc1ccccc1)C(=O)N1CCCC1c1cnn(C)c1. The number of amides is 1. The Balaban J connectivity index is 1.62. The Morgan fingerprint density at radius 3 is 2.87 bits per heavy atom. The van der Waals surface area contributed by atoms with Crippen LogP contribution in [0.5, 0.6) is 0 Å². The molecule has 1 saturated heterocycles. The molecule has 0 saturated carbocycles. The van der Waals surface area contributed by atoms with Crippen LogP contribution in [0.3, 0.4) is 0 Å². The number of benzene rings is 1. The quantitative estimate of drug-likeness (QED) is 0.852. The number of carbonyl (C=O) groups excluding carboxylic acids is 1. The van der Waals surface area contributed by atoms with E-state index in [1.54, 1.807) is 4.68 Å². The van der Waals surface area contributed by atoms with E-state index in [1.807, 2.05) is 61.6 Å². The Kier molecular flexibility index (Phi) is 4.76. The Bertz CT molecular complexity index is 653. The van der Waals surface area contributed by atoms with Crippen LogP contribution in [0.1, 0.15) is 36.9 Å². The average Bonchev–Trinajstić information content (AvgIpc) is 3.21. The van der Waals surface area contributed by atoms with Crippen molar-refractivity contribution < 1.29 is 9.53 Å². The second kappa shape index (κ2) is 6.96. The van der Waals surface area contributed by atoms with E-state index in [9.17, 15) is 4.79 Å². The first kappa shape index (κ1) is 15.7. The second-order valence-corrected chi connectivity index (χ2v) is 6.08. The molecule has 1 fully saturated rings. The number of aromatic nitrogens is 2. The van der Waals surface area contributed by atoms with Crippen molar-refractivity contribution in [2.45, 2.75) is 38.5 Å². The Hall–Kier alpha value is -2.14. The third-order valence-electron chi connectivity index (χ3n) is 4.34. The van der Waals surface area contributed by atoms with E-state index in [-0.39, 0.29) is 11.9 Å². The van der Waals surface area contributed by atoms with Crippen molar-refractivity contribution in [3.63, 3.8) is 0 Å². The third kappa shape index (κ3) is 3.62. The highest BCUT2D eigenvalue weighted by atomic mass is 16.5. The molecule has 0 radical (unpaired) electrons. The molecule has 2 heterocycles. The number of hydrogen-bond acceptors (Lipinski definition) is 3. The van der Waals surface area contributed by atoms with Gasteiger partial charge in [-0.25, -0.2) is 0 Å². The van der Waals surface area contributed by atoms with Crippen molar-refractivity contribution in [2.75, 3.05) is 6.54 Å². The van der Waals surface area contributed by atoms with Gasteiger partial charge in [0, 0.05) is 25.4 Å². The molecule has 1 amide bonds. The molecule has 1 aliphatic rings. The maximum atomic E-state index is 12.7. The van der Waals surface area contributed by atoms with Crippen LogP contribution in [0, 0.1) is 0 Å². The molecule has 0 N–H and O–H groups in total. The van der Waals surface area contributed by atoms with E-state index < -0.39 is 6.10 Å². The van der Waals surface area contributed by atoms with Gasteiger partial charge < -0.3 is 9.64 Å². The first-order valence-corrected chi connectivity index (χ1v) is 8.09. The first-order valence-electron chi connectivity index (χ1n) is 8.09. The molecular formula is C18H23N3O2. The lowest BCUT2D eigenvalue weighted by molar-refractivity contribution is -0.144. The van der Waals surface area contributed by atoms with Gasteiger partial charge in [0.15, 0.2) is 0 Å². The van der Waals surface area contributed by atoms with Gasteiger partial charge in [-0.3, -0.25) is 9.48 Å². The van der Waals surface area contributed by atoms with Crippen LogP contribution in [-0.4, -0.2) is 33.2 Å². The number of ether oxygens (including phenoxy) is 1. The minimum absolute atomic E-state index is 0.0623. The van der Waals surface area contributed by atoms with Gasteiger partial charge in [-0.05, 0) is 25.3 Å². The summed E-state index contributed by atoms with van der Waals surface area (Å²) in [5, 5.41) is 4.22. The van der Waals surface area contributed by atoms with E-state index in [1.165, 1.54) is 0 Å². The minimum Gasteiger partial charge on any atom is -0.364 e. The second-order valence-electron chi connectivity index (χ2n) is 6.08. The normalized spacial score (nSPS) is 19.0. The lowest BCUT2D eigenvalue weighted by Crippen LogP contribution is -2.38. The predicted octanol–water partition coefficient (Wildman–Crippen LogP) is 2.69. The van der Waals surface area contributed by atoms with Gasteiger partial charge in [0.05, 0.1) is 18.8 Å². The predicted molar refractivity (Wildman–Crippen MR) is 87.6 cm³/mol. The van der Waals surface area contributed by atoms with E-state index in [4.69, 9.17) is 4.74 Å². The van der Waals surface area contributed by atoms with Crippen molar-refractivity contribution in [1.29, 1.82) is 0 Å². The van der Waals surface area contributed by atoms with Crippen LogP contribution in [0.25, 0.3) is 0 Å². The maximum absolute atomic E-state index is 12.7. The number of aryl methyl sites for hydroxylation is 1. The van der Waals surface area contributed by atoms with E-state index in [0.717, 1.165) is 30.5 Å². The molecule has 23 heavy (non-hydrogen) atoms. The third-order valence-corrected chi connectivity index (χ3v) is 4.34. The lowest BCUT2D eigenvalue weighted by Gasteiger charge is -2.27. The minimum atomic E-state index is -0.438. The van der Waals surface area contributed by atoms with Crippen LogP contribution < -0.4 is 0 Å². The summed E-state index contributed by atoms with van der Waals surface area (Å²) in [5.74, 6) is 0.0623. The molecule has 2 unspecified atom stereocenters. The van der Waals surface area contributed by atoms with E-state index in [2.05, 4.69) is 5.10 Å². The summed E-state index contributed by atoms with van der Waals surface area (Å²) in [7, 11) is 1.90. The molecule has 0 spiro atoms. The Labute approximate surface area is 136 Å². The molecule has 1 aliphatic heterocycles. The van der Waals surface area contributed by atoms with Crippen molar-refractivity contribution >= 4 is 5.91 Å². The summed E-state index contributed by atoms with van der Waals surface area (Å²) in [6.45, 7) is 3.08. The van der Waals surface area contributed by atoms with Crippen molar-refractivity contribution in [2.24, 2.45) is 7.05 Å². The summed E-state index contributed by atoms with van der Waals surface area (Å²) in [4.78, 5) is 14.7. The molecule has 3 rings (SSSR count). The van der Waals surface area contributed by atoms with E-state index in [0.29, 0.717) is 6.61 Å². The van der Waals surface area contributed by atoms with Crippen molar-refractivity contribution in [3.05, 3.63) is 53.9 Å². The average molecular weight is 313 g/mol. The number of nitrogens with zero attached hydrogens (tertiary/aromatic N) is 3. The molecule has 0 bridgehead atoms. The fraction of sp³-hybridized carbons (Fsp3) is 0.444. The molecule has 2 atom stereocenters. The molecule has 5 nitrogen and oxygen atoms in total. The number of carbonyl (C=O) groups is 1. The highest BCUT2D eigenvalue weighted by molar-refractivity contribution is 5.81. The Morgan fingerprint density at radius 1 is 1.39 bits per heavy atom. The van der Waals surface area contributed by atoms with Gasteiger partial charge >= 0.3 is 0 Å². The van der Waals surface area contributed by atoms with Crippen molar-refractivity contribution in [1.82, 2.24) is 14.7 Å². The van der Waals surface area contributed by atoms with Gasteiger partial charge in [-0.1, -0.05) is 30.3 Å². The number of rotatable bonds is 5. The summed E-state index contributed by atoms with van der Waals surface area (Å²) >= 11 is 0. The van der Waals surface area contributed by atoms with Crippen molar-refractivity contribution in [3.8, 4) is 0 Å². The van der Waals surface area contributed by atoms with Gasteiger partial charge in [-0.2, -0.15) is 5.10 Å². The zero-order chi connectivity index (χ0) is 16.2. The van der Waals surface area contributed by atoms with Crippen LogP contribution in [0.2, 0.25) is 0 Å². The largest absolute Gasteiger partial charge is 0.364 e. The smallest absolute Gasteiger partial charge is 0.251 e. The molecule has 5 heteroatoms.